The second kappa shape index (κ2) is 5.79. The van der Waals surface area contributed by atoms with Crippen LogP contribution in [0, 0.1) is 5.92 Å². The predicted molar refractivity (Wildman–Crippen MR) is 90.4 cm³/mol. The summed E-state index contributed by atoms with van der Waals surface area (Å²) in [6.45, 7) is 0.460. The smallest absolute Gasteiger partial charge is 0.287 e. The van der Waals surface area contributed by atoms with Gasteiger partial charge in [-0.15, -0.1) is 11.3 Å². The number of carbonyl (C=O) groups is 1. The molecule has 0 radical (unpaired) electrons. The van der Waals surface area contributed by atoms with Crippen molar-refractivity contribution in [1.29, 1.82) is 0 Å². The van der Waals surface area contributed by atoms with Crippen LogP contribution in [0.4, 0.5) is 0 Å². The van der Waals surface area contributed by atoms with Crippen LogP contribution in [0.1, 0.15) is 23.4 Å². The molecule has 4 rings (SSSR count). The van der Waals surface area contributed by atoms with Gasteiger partial charge in [0.25, 0.3) is 5.91 Å². The molecule has 0 spiro atoms. The molecule has 1 atom stereocenters. The summed E-state index contributed by atoms with van der Waals surface area (Å²) in [7, 11) is 0. The van der Waals surface area contributed by atoms with E-state index in [1.165, 1.54) is 0 Å². The molecule has 1 aliphatic rings. The molecule has 23 heavy (non-hydrogen) atoms. The quantitative estimate of drug-likeness (QED) is 0.755. The number of nitrogens with two attached hydrogens (primary N) is 1. The highest BCUT2D eigenvalue weighted by Crippen LogP contribution is 2.33. The number of fused-ring (bicyclic) bond motifs is 1. The Bertz CT molecular complexity index is 817. The molecular formula is C17H17N3O2S. The number of benzene rings is 1. The monoisotopic (exact) mass is 327 g/mol. The van der Waals surface area contributed by atoms with E-state index in [1.807, 2.05) is 24.3 Å². The Kier molecular flexibility index (Phi) is 3.63. The van der Waals surface area contributed by atoms with Crippen molar-refractivity contribution in [2.45, 2.75) is 18.9 Å². The maximum absolute atomic E-state index is 12.3. The first-order chi connectivity index (χ1) is 11.2. The van der Waals surface area contributed by atoms with Gasteiger partial charge < -0.3 is 15.5 Å². The van der Waals surface area contributed by atoms with Crippen LogP contribution in [0.5, 0.6) is 0 Å². The molecule has 0 saturated heterocycles. The molecule has 1 aliphatic carbocycles. The fourth-order valence-corrected chi connectivity index (χ4v) is 3.59. The minimum absolute atomic E-state index is 0.0403. The van der Waals surface area contributed by atoms with E-state index in [-0.39, 0.29) is 11.9 Å². The number of carbonyl (C=O) groups excluding carboxylic acids is 1. The zero-order valence-corrected chi connectivity index (χ0v) is 13.3. The van der Waals surface area contributed by atoms with E-state index >= 15 is 0 Å². The largest absolute Gasteiger partial charge is 0.448 e. The van der Waals surface area contributed by atoms with Gasteiger partial charge in [-0.2, -0.15) is 0 Å². The number of amides is 1. The first kappa shape index (κ1) is 14.4. The van der Waals surface area contributed by atoms with Crippen LogP contribution in [0.2, 0.25) is 0 Å². The number of thiazole rings is 1. The van der Waals surface area contributed by atoms with Crippen LogP contribution in [-0.4, -0.2) is 23.5 Å². The minimum atomic E-state index is -0.209. The fraction of sp³-hybridized carbons (Fsp3) is 0.294. The van der Waals surface area contributed by atoms with Gasteiger partial charge in [-0.25, -0.2) is 4.98 Å². The molecule has 1 aromatic carbocycles. The summed E-state index contributed by atoms with van der Waals surface area (Å²) in [6.07, 6.45) is 2.27. The highest BCUT2D eigenvalue weighted by Gasteiger charge is 2.32. The summed E-state index contributed by atoms with van der Waals surface area (Å²) in [5.41, 5.74) is 6.66. The SMILES string of the molecule is NCC(NC(=O)c1ccc(-c2nc3ccccc3s2)o1)C1CC1. The molecule has 0 bridgehead atoms. The lowest BCUT2D eigenvalue weighted by Crippen LogP contribution is -2.41. The number of hydrogen-bond donors (Lipinski definition) is 2. The van der Waals surface area contributed by atoms with Crippen molar-refractivity contribution in [3.63, 3.8) is 0 Å². The summed E-state index contributed by atoms with van der Waals surface area (Å²) in [5.74, 6) is 1.23. The molecule has 1 amide bonds. The Balaban J connectivity index is 1.54. The van der Waals surface area contributed by atoms with E-state index in [9.17, 15) is 4.79 Å². The molecule has 1 unspecified atom stereocenters. The Morgan fingerprint density at radius 3 is 2.91 bits per heavy atom. The summed E-state index contributed by atoms with van der Waals surface area (Å²) in [6, 6.07) is 11.5. The van der Waals surface area contributed by atoms with Crippen LogP contribution in [0.25, 0.3) is 21.0 Å². The van der Waals surface area contributed by atoms with Crippen molar-refractivity contribution in [3.05, 3.63) is 42.2 Å². The molecule has 6 heteroatoms. The van der Waals surface area contributed by atoms with Crippen molar-refractivity contribution in [3.8, 4) is 10.8 Å². The van der Waals surface area contributed by atoms with Crippen molar-refractivity contribution < 1.29 is 9.21 Å². The molecule has 5 nitrogen and oxygen atoms in total. The van der Waals surface area contributed by atoms with Gasteiger partial charge in [0.05, 0.1) is 10.2 Å². The highest BCUT2D eigenvalue weighted by molar-refractivity contribution is 7.21. The lowest BCUT2D eigenvalue weighted by molar-refractivity contribution is 0.0906. The van der Waals surface area contributed by atoms with Crippen LogP contribution in [0.3, 0.4) is 0 Å². The molecule has 3 aromatic rings. The van der Waals surface area contributed by atoms with E-state index < -0.39 is 0 Å². The van der Waals surface area contributed by atoms with Crippen molar-refractivity contribution in [2.75, 3.05) is 6.54 Å². The summed E-state index contributed by atoms with van der Waals surface area (Å²) < 4.78 is 6.80. The first-order valence-electron chi connectivity index (χ1n) is 7.71. The number of hydrogen-bond acceptors (Lipinski definition) is 5. The number of nitrogens with one attached hydrogen (secondary N) is 1. The second-order valence-corrected chi connectivity index (χ2v) is 6.83. The average molecular weight is 327 g/mol. The van der Waals surface area contributed by atoms with Crippen LogP contribution < -0.4 is 11.1 Å². The number of para-hydroxylation sites is 1. The standard InChI is InChI=1S/C17H17N3O2S/c18-9-12(10-5-6-10)19-16(21)13-7-8-14(22-13)17-20-11-3-1-2-4-15(11)23-17/h1-4,7-8,10,12H,5-6,9,18H2,(H,19,21). The normalized spacial score (nSPS) is 15.7. The second-order valence-electron chi connectivity index (χ2n) is 5.80. The molecule has 2 aromatic heterocycles. The molecule has 2 heterocycles. The van der Waals surface area contributed by atoms with Gasteiger partial charge in [0.2, 0.25) is 0 Å². The van der Waals surface area contributed by atoms with Gasteiger partial charge in [-0.05, 0) is 43.0 Å². The van der Waals surface area contributed by atoms with Crippen molar-refractivity contribution >= 4 is 27.5 Å². The molecule has 1 fully saturated rings. The van der Waals surface area contributed by atoms with Gasteiger partial charge in [0.15, 0.2) is 16.5 Å². The van der Waals surface area contributed by atoms with E-state index in [4.69, 9.17) is 10.2 Å². The third-order valence-corrected chi connectivity index (χ3v) is 5.15. The van der Waals surface area contributed by atoms with Crippen LogP contribution >= 0.6 is 11.3 Å². The molecular weight excluding hydrogens is 310 g/mol. The summed E-state index contributed by atoms with van der Waals surface area (Å²) >= 11 is 1.55. The summed E-state index contributed by atoms with van der Waals surface area (Å²) in [5, 5.41) is 3.74. The Morgan fingerprint density at radius 1 is 1.35 bits per heavy atom. The maximum atomic E-state index is 12.3. The average Bonchev–Trinajstić information content (AvgIpc) is 3.13. The van der Waals surface area contributed by atoms with Gasteiger partial charge in [0, 0.05) is 12.6 Å². The van der Waals surface area contributed by atoms with E-state index in [0.717, 1.165) is 28.1 Å². The predicted octanol–water partition coefficient (Wildman–Crippen LogP) is 3.02. The van der Waals surface area contributed by atoms with Gasteiger partial charge >= 0.3 is 0 Å². The van der Waals surface area contributed by atoms with Crippen LogP contribution in [-0.2, 0) is 0 Å². The van der Waals surface area contributed by atoms with Gasteiger partial charge in [0.1, 0.15) is 0 Å². The first-order valence-corrected chi connectivity index (χ1v) is 8.53. The molecule has 1 saturated carbocycles. The highest BCUT2D eigenvalue weighted by atomic mass is 32.1. The Hall–Kier alpha value is -2.18. The number of furan rings is 1. The number of rotatable bonds is 5. The Morgan fingerprint density at radius 2 is 2.17 bits per heavy atom. The van der Waals surface area contributed by atoms with Crippen molar-refractivity contribution in [1.82, 2.24) is 10.3 Å². The minimum Gasteiger partial charge on any atom is -0.448 e. The third kappa shape index (κ3) is 2.87. The topological polar surface area (TPSA) is 81.1 Å². The van der Waals surface area contributed by atoms with Crippen molar-refractivity contribution in [2.24, 2.45) is 11.7 Å². The summed E-state index contributed by atoms with van der Waals surface area (Å²) in [4.78, 5) is 16.8. The lowest BCUT2D eigenvalue weighted by atomic mass is 10.2. The zero-order chi connectivity index (χ0) is 15.8. The zero-order valence-electron chi connectivity index (χ0n) is 12.5. The Labute approximate surface area is 137 Å². The van der Waals surface area contributed by atoms with E-state index in [2.05, 4.69) is 10.3 Å². The van der Waals surface area contributed by atoms with Crippen LogP contribution in [0.15, 0.2) is 40.8 Å². The molecule has 0 aliphatic heterocycles. The molecule has 3 N–H and O–H groups in total. The number of nitrogens with zero attached hydrogens (tertiary/aromatic N) is 1. The van der Waals surface area contributed by atoms with E-state index in [1.54, 1.807) is 23.5 Å². The molecule has 118 valence electrons. The maximum Gasteiger partial charge on any atom is 0.287 e. The van der Waals surface area contributed by atoms with E-state index in [0.29, 0.717) is 24.0 Å². The fourth-order valence-electron chi connectivity index (χ4n) is 2.66. The van der Waals surface area contributed by atoms with Gasteiger partial charge in [-0.1, -0.05) is 12.1 Å². The van der Waals surface area contributed by atoms with Gasteiger partial charge in [-0.3, -0.25) is 4.79 Å². The third-order valence-electron chi connectivity index (χ3n) is 4.10. The lowest BCUT2D eigenvalue weighted by Gasteiger charge is -2.14. The number of aromatic nitrogens is 1.